The Bertz CT molecular complexity index is 1180. The van der Waals surface area contributed by atoms with Gasteiger partial charge in [-0.05, 0) is 23.8 Å². The van der Waals surface area contributed by atoms with Crippen LogP contribution in [-0.2, 0) is 4.74 Å². The predicted molar refractivity (Wildman–Crippen MR) is 108 cm³/mol. The predicted octanol–water partition coefficient (Wildman–Crippen LogP) is -3.28. The van der Waals surface area contributed by atoms with Crippen LogP contribution in [-0.4, -0.2) is 64.8 Å². The Labute approximate surface area is 209 Å². The maximum atomic E-state index is 12.9. The monoisotopic (exact) mass is 468 g/mol. The quantitative estimate of drug-likeness (QED) is 0.280. The van der Waals surface area contributed by atoms with Crippen LogP contribution < -0.4 is 49.6 Å². The molecule has 11 heteroatoms. The van der Waals surface area contributed by atoms with Gasteiger partial charge in [-0.1, -0.05) is 17.9 Å². The molecule has 0 unspecified atom stereocenters. The summed E-state index contributed by atoms with van der Waals surface area (Å²) in [5.41, 5.74) is 0.389. The molecule has 0 spiro atoms. The molecule has 0 aliphatic carbocycles. The first-order valence-corrected chi connectivity index (χ1v) is 9.72. The topological polar surface area (TPSA) is 162 Å². The van der Waals surface area contributed by atoms with Gasteiger partial charge in [-0.15, -0.1) is 0 Å². The number of aliphatic hydroxyl groups excluding tert-OH is 4. The summed E-state index contributed by atoms with van der Waals surface area (Å²) in [5.74, 6) is -0.0503. The van der Waals surface area contributed by atoms with Gasteiger partial charge in [0.1, 0.15) is 47.8 Å². The van der Waals surface area contributed by atoms with Crippen molar-refractivity contribution in [3.63, 3.8) is 0 Å². The zero-order valence-electron chi connectivity index (χ0n) is 17.9. The Morgan fingerprint density at radius 2 is 1.82 bits per heavy atom. The molecule has 33 heavy (non-hydrogen) atoms. The molecule has 2 aromatic carbocycles. The van der Waals surface area contributed by atoms with Gasteiger partial charge in [-0.25, -0.2) is 0 Å². The largest absolute Gasteiger partial charge is 1.00 e. The van der Waals surface area contributed by atoms with E-state index >= 15 is 0 Å². The van der Waals surface area contributed by atoms with Crippen LogP contribution in [0.2, 0.25) is 0 Å². The third-order valence-electron chi connectivity index (χ3n) is 5.32. The number of rotatable bonds is 5. The van der Waals surface area contributed by atoms with E-state index in [9.17, 15) is 30.3 Å². The molecule has 1 aromatic heterocycles. The van der Waals surface area contributed by atoms with Crippen LogP contribution in [0.4, 0.5) is 0 Å². The molecular weight excluding hydrogens is 447 g/mol. The second kappa shape index (κ2) is 10.4. The third kappa shape index (κ3) is 4.88. The number of aliphatic hydroxyl groups is 4. The van der Waals surface area contributed by atoms with E-state index in [1.807, 2.05) is 0 Å². The van der Waals surface area contributed by atoms with Crippen molar-refractivity contribution in [3.8, 4) is 28.4 Å². The van der Waals surface area contributed by atoms with Crippen molar-refractivity contribution in [3.05, 3.63) is 52.9 Å². The van der Waals surface area contributed by atoms with E-state index in [-0.39, 0.29) is 68.8 Å². The summed E-state index contributed by atoms with van der Waals surface area (Å²) in [6.45, 7) is -0.587. The summed E-state index contributed by atoms with van der Waals surface area (Å²) < 4.78 is 21.4. The average Bonchev–Trinajstić information content (AvgIpc) is 2.79. The van der Waals surface area contributed by atoms with Gasteiger partial charge in [-0.3, -0.25) is 4.79 Å². The fourth-order valence-electron chi connectivity index (χ4n) is 3.52. The van der Waals surface area contributed by atoms with Crippen LogP contribution in [0.25, 0.3) is 22.1 Å². The maximum Gasteiger partial charge on any atom is 1.00 e. The van der Waals surface area contributed by atoms with Crippen LogP contribution in [0.15, 0.2) is 51.9 Å². The van der Waals surface area contributed by atoms with Crippen molar-refractivity contribution < 1.29 is 73.7 Å². The second-order valence-corrected chi connectivity index (χ2v) is 7.32. The van der Waals surface area contributed by atoms with E-state index in [2.05, 4.69) is 0 Å². The molecule has 0 amide bonds. The summed E-state index contributed by atoms with van der Waals surface area (Å²) in [5, 5.41) is 51.4. The smallest absolute Gasteiger partial charge is 0.870 e. The second-order valence-electron chi connectivity index (χ2n) is 7.32. The fraction of sp³-hybridized carbons (Fsp3) is 0.318. The molecule has 1 aliphatic rings. The van der Waals surface area contributed by atoms with Gasteiger partial charge in [0.2, 0.25) is 6.29 Å². The summed E-state index contributed by atoms with van der Waals surface area (Å²) in [6, 6.07) is 8.62. The molecule has 1 aliphatic heterocycles. The maximum absolute atomic E-state index is 12.9. The summed E-state index contributed by atoms with van der Waals surface area (Å²) >= 11 is 0. The molecule has 3 aromatic rings. The molecule has 2 heterocycles. The molecule has 10 nitrogen and oxygen atoms in total. The number of hydrogen-bond acceptors (Lipinski definition) is 10. The van der Waals surface area contributed by atoms with Gasteiger partial charge in [0.25, 0.3) is 0 Å². The zero-order valence-corrected chi connectivity index (χ0v) is 19.9. The normalized spacial score (nSPS) is 24.8. The molecule has 4 N–H and O–H groups in total. The van der Waals surface area contributed by atoms with Gasteiger partial charge in [0.05, 0.1) is 24.7 Å². The summed E-state index contributed by atoms with van der Waals surface area (Å²) in [7, 11) is 1.38. The van der Waals surface area contributed by atoms with Gasteiger partial charge >= 0.3 is 29.6 Å². The number of methoxy groups -OCH3 is 1. The van der Waals surface area contributed by atoms with Gasteiger partial charge in [0, 0.05) is 6.07 Å². The molecule has 4 rings (SSSR count). The Kier molecular flexibility index (Phi) is 8.04. The minimum absolute atomic E-state index is 0. The van der Waals surface area contributed by atoms with Crippen LogP contribution in [0.5, 0.6) is 17.2 Å². The van der Waals surface area contributed by atoms with Gasteiger partial charge < -0.3 is 44.2 Å². The van der Waals surface area contributed by atoms with Crippen molar-refractivity contribution in [2.24, 2.45) is 0 Å². The van der Waals surface area contributed by atoms with Crippen LogP contribution in [0, 0.1) is 0 Å². The SMILES string of the molecule is COc1ccc(-c2coc3cc(O[C@@H]4O[C@H](CO)[C@@H](O)[C@H](O)[C@H]4O)ccc3c2=O)cc1[O-].[Na+]. The standard InChI is InChI=1S/C22H22O10.Na/c1-29-15-5-2-10(6-14(15)24)13-9-30-16-7-11(3-4-12(16)18(13)25)31-22-21(28)20(27)19(26)17(8-23)32-22;/h2-7,9,17,19-24,26-28H,8H2,1H3;/q;+1/p-1/t17-,19-,20+,21-,22-;/m1./s1. The van der Waals surface area contributed by atoms with Crippen molar-refractivity contribution in [2.45, 2.75) is 30.7 Å². The molecule has 0 saturated carbocycles. The molecule has 170 valence electrons. The first kappa shape index (κ1) is 25.5. The van der Waals surface area contributed by atoms with Crippen LogP contribution >= 0.6 is 0 Å². The minimum atomic E-state index is -1.58. The molecule has 1 fully saturated rings. The average molecular weight is 468 g/mol. The Morgan fingerprint density at radius 3 is 2.48 bits per heavy atom. The van der Waals surface area contributed by atoms with E-state index in [1.54, 1.807) is 6.07 Å². The Balaban J connectivity index is 0.00000306. The minimum Gasteiger partial charge on any atom is -0.870 e. The Morgan fingerprint density at radius 1 is 1.06 bits per heavy atom. The molecular formula is C22H21NaO10. The van der Waals surface area contributed by atoms with Crippen molar-refractivity contribution in [1.82, 2.24) is 0 Å². The van der Waals surface area contributed by atoms with Crippen LogP contribution in [0.3, 0.4) is 0 Å². The van der Waals surface area contributed by atoms with E-state index in [0.717, 1.165) is 0 Å². The number of hydrogen-bond donors (Lipinski definition) is 4. The van der Waals surface area contributed by atoms with Crippen molar-refractivity contribution in [2.75, 3.05) is 13.7 Å². The first-order valence-electron chi connectivity index (χ1n) is 9.72. The van der Waals surface area contributed by atoms with Crippen molar-refractivity contribution in [1.29, 1.82) is 0 Å². The van der Waals surface area contributed by atoms with E-state index in [0.29, 0.717) is 5.56 Å². The number of fused-ring (bicyclic) bond motifs is 1. The number of ether oxygens (including phenoxy) is 3. The van der Waals surface area contributed by atoms with E-state index < -0.39 is 37.3 Å². The first-order chi connectivity index (χ1) is 15.3. The molecule has 0 bridgehead atoms. The van der Waals surface area contributed by atoms with Crippen LogP contribution in [0.1, 0.15) is 0 Å². The van der Waals surface area contributed by atoms with Gasteiger partial charge in [0.15, 0.2) is 5.43 Å². The molecule has 1 saturated heterocycles. The molecule has 0 radical (unpaired) electrons. The fourth-order valence-corrected chi connectivity index (χ4v) is 3.52. The van der Waals surface area contributed by atoms with Crippen molar-refractivity contribution >= 4 is 11.0 Å². The third-order valence-corrected chi connectivity index (χ3v) is 5.32. The van der Waals surface area contributed by atoms with E-state index in [1.165, 1.54) is 43.7 Å². The van der Waals surface area contributed by atoms with Gasteiger partial charge in [-0.2, -0.15) is 0 Å². The zero-order chi connectivity index (χ0) is 23.0. The van der Waals surface area contributed by atoms with E-state index in [4.69, 9.17) is 18.6 Å². The summed E-state index contributed by atoms with van der Waals surface area (Å²) in [6.07, 6.45) is -5.92. The summed E-state index contributed by atoms with van der Waals surface area (Å²) in [4.78, 5) is 12.9. The Hall–Kier alpha value is -2.15. The number of benzene rings is 2. The molecule has 5 atom stereocenters.